The summed E-state index contributed by atoms with van der Waals surface area (Å²) in [6, 6.07) is 17.0. The van der Waals surface area contributed by atoms with E-state index in [0.29, 0.717) is 30.5 Å². The normalized spacial score (nSPS) is 19.1. The van der Waals surface area contributed by atoms with Gasteiger partial charge in [0.1, 0.15) is 5.75 Å². The largest absolute Gasteiger partial charge is 0.434 e. The summed E-state index contributed by atoms with van der Waals surface area (Å²) in [4.78, 5) is 4.24. The van der Waals surface area contributed by atoms with Gasteiger partial charge in [-0.05, 0) is 24.5 Å². The van der Waals surface area contributed by atoms with E-state index in [4.69, 9.17) is 4.74 Å². The Morgan fingerprint density at radius 1 is 1.13 bits per heavy atom. The summed E-state index contributed by atoms with van der Waals surface area (Å²) in [6.45, 7) is -1.06. The highest BCUT2D eigenvalue weighted by Crippen LogP contribution is 2.33. The molecule has 2 aromatic carbocycles. The summed E-state index contributed by atoms with van der Waals surface area (Å²) in [7, 11) is 1.68. The number of hydrogen-bond acceptors (Lipinski definition) is 3. The summed E-state index contributed by atoms with van der Waals surface area (Å²) < 4.78 is 35.8. The molecule has 1 aliphatic rings. The zero-order chi connectivity index (χ0) is 20.5. The number of hydrogen-bond donors (Lipinski definition) is 2. The van der Waals surface area contributed by atoms with Crippen molar-refractivity contribution in [1.29, 1.82) is 0 Å². The van der Waals surface area contributed by atoms with Gasteiger partial charge in [-0.1, -0.05) is 48.5 Å². The predicted molar refractivity (Wildman–Crippen MR) is 125 cm³/mol. The van der Waals surface area contributed by atoms with Crippen LogP contribution in [0.3, 0.4) is 0 Å². The molecule has 0 aliphatic carbocycles. The lowest BCUT2D eigenvalue weighted by atomic mass is 9.89. The summed E-state index contributed by atoms with van der Waals surface area (Å²) in [5, 5.41) is 6.51. The first-order chi connectivity index (χ1) is 14.2. The van der Waals surface area contributed by atoms with Gasteiger partial charge in [0.2, 0.25) is 0 Å². The SMILES string of the molecule is CN=C(NCc1ccccc1OC(F)F)NCC1CCCOC1c1ccccc1.I. The van der Waals surface area contributed by atoms with Crippen molar-refractivity contribution >= 4 is 29.9 Å². The average molecular weight is 531 g/mol. The fraction of sp³-hybridized carbons (Fsp3) is 0.409. The molecule has 0 aromatic heterocycles. The fourth-order valence-corrected chi connectivity index (χ4v) is 3.55. The molecule has 3 rings (SSSR count). The maximum absolute atomic E-state index is 12.6. The van der Waals surface area contributed by atoms with Gasteiger partial charge in [0, 0.05) is 38.2 Å². The number of ether oxygens (including phenoxy) is 2. The number of rotatable bonds is 7. The van der Waals surface area contributed by atoms with Crippen LogP contribution >= 0.6 is 24.0 Å². The first-order valence-electron chi connectivity index (χ1n) is 9.81. The van der Waals surface area contributed by atoms with Crippen molar-refractivity contribution in [3.05, 3.63) is 65.7 Å². The molecule has 164 valence electrons. The minimum Gasteiger partial charge on any atom is -0.434 e. The first kappa shape index (κ1) is 24.3. The molecule has 0 saturated carbocycles. The minimum atomic E-state index is -2.85. The van der Waals surface area contributed by atoms with Gasteiger partial charge in [0.15, 0.2) is 5.96 Å². The Labute approximate surface area is 193 Å². The predicted octanol–water partition coefficient (Wildman–Crippen LogP) is 4.74. The molecule has 0 amide bonds. The van der Waals surface area contributed by atoms with Crippen LogP contribution in [-0.4, -0.2) is 32.8 Å². The van der Waals surface area contributed by atoms with Crippen molar-refractivity contribution in [2.75, 3.05) is 20.2 Å². The topological polar surface area (TPSA) is 54.9 Å². The highest BCUT2D eigenvalue weighted by Gasteiger charge is 2.27. The van der Waals surface area contributed by atoms with Gasteiger partial charge in [-0.15, -0.1) is 24.0 Å². The molecule has 0 radical (unpaired) electrons. The van der Waals surface area contributed by atoms with Gasteiger partial charge in [-0.2, -0.15) is 8.78 Å². The number of guanidine groups is 1. The molecule has 5 nitrogen and oxygen atoms in total. The number of aliphatic imine (C=N–C) groups is 1. The van der Waals surface area contributed by atoms with E-state index >= 15 is 0 Å². The Hall–Kier alpha value is -1.94. The van der Waals surface area contributed by atoms with E-state index in [-0.39, 0.29) is 35.8 Å². The molecule has 2 unspecified atom stereocenters. The highest BCUT2D eigenvalue weighted by molar-refractivity contribution is 14.0. The van der Waals surface area contributed by atoms with Crippen LogP contribution < -0.4 is 15.4 Å². The lowest BCUT2D eigenvalue weighted by Crippen LogP contribution is -2.41. The quantitative estimate of drug-likeness (QED) is 0.308. The van der Waals surface area contributed by atoms with E-state index in [9.17, 15) is 8.78 Å². The molecule has 1 heterocycles. The number of para-hydroxylation sites is 1. The van der Waals surface area contributed by atoms with E-state index < -0.39 is 6.61 Å². The maximum Gasteiger partial charge on any atom is 0.387 e. The van der Waals surface area contributed by atoms with E-state index in [1.54, 1.807) is 25.2 Å². The van der Waals surface area contributed by atoms with Crippen molar-refractivity contribution in [3.8, 4) is 5.75 Å². The number of benzene rings is 2. The van der Waals surface area contributed by atoms with Gasteiger partial charge in [-0.3, -0.25) is 4.99 Å². The standard InChI is InChI=1S/C22H27F2N3O2.HI/c1-25-22(26-14-17-10-5-6-12-19(17)29-21(23)24)27-15-18-11-7-13-28-20(18)16-8-3-2-4-9-16;/h2-6,8-10,12,18,20-21H,7,11,13-15H2,1H3,(H2,25,26,27);1H. The third-order valence-electron chi connectivity index (χ3n) is 4.96. The van der Waals surface area contributed by atoms with Crippen LogP contribution in [0, 0.1) is 5.92 Å². The summed E-state index contributed by atoms with van der Waals surface area (Å²) >= 11 is 0. The zero-order valence-electron chi connectivity index (χ0n) is 16.9. The van der Waals surface area contributed by atoms with Gasteiger partial charge < -0.3 is 20.1 Å². The highest BCUT2D eigenvalue weighted by atomic mass is 127. The van der Waals surface area contributed by atoms with Crippen molar-refractivity contribution in [2.24, 2.45) is 10.9 Å². The minimum absolute atomic E-state index is 0. The van der Waals surface area contributed by atoms with Crippen LogP contribution in [0.5, 0.6) is 5.75 Å². The lowest BCUT2D eigenvalue weighted by Gasteiger charge is -2.32. The van der Waals surface area contributed by atoms with E-state index in [1.165, 1.54) is 11.6 Å². The molecule has 0 bridgehead atoms. The molecule has 1 saturated heterocycles. The second-order valence-corrected chi connectivity index (χ2v) is 6.90. The summed E-state index contributed by atoms with van der Waals surface area (Å²) in [5.41, 5.74) is 1.82. The maximum atomic E-state index is 12.6. The van der Waals surface area contributed by atoms with Crippen molar-refractivity contribution in [1.82, 2.24) is 10.6 Å². The van der Waals surface area contributed by atoms with Gasteiger partial charge in [0.05, 0.1) is 6.10 Å². The number of nitrogens with zero attached hydrogens (tertiary/aromatic N) is 1. The second-order valence-electron chi connectivity index (χ2n) is 6.90. The van der Waals surface area contributed by atoms with Crippen LogP contribution in [0.15, 0.2) is 59.6 Å². The molecule has 2 N–H and O–H groups in total. The van der Waals surface area contributed by atoms with Gasteiger partial charge in [0.25, 0.3) is 0 Å². The van der Waals surface area contributed by atoms with Crippen LogP contribution in [0.25, 0.3) is 0 Å². The van der Waals surface area contributed by atoms with Crippen LogP contribution in [0.2, 0.25) is 0 Å². The van der Waals surface area contributed by atoms with E-state index in [0.717, 1.165) is 19.4 Å². The fourth-order valence-electron chi connectivity index (χ4n) is 3.55. The third-order valence-corrected chi connectivity index (χ3v) is 4.96. The second kappa shape index (κ2) is 12.7. The summed E-state index contributed by atoms with van der Waals surface area (Å²) in [6.07, 6.45) is 2.14. The lowest BCUT2D eigenvalue weighted by molar-refractivity contribution is -0.0504. The number of nitrogens with one attached hydrogen (secondary N) is 2. The van der Waals surface area contributed by atoms with E-state index in [1.807, 2.05) is 18.2 Å². The molecule has 2 atom stereocenters. The van der Waals surface area contributed by atoms with Crippen molar-refractivity contribution in [2.45, 2.75) is 32.1 Å². The van der Waals surface area contributed by atoms with E-state index in [2.05, 4.69) is 32.5 Å². The zero-order valence-corrected chi connectivity index (χ0v) is 19.2. The Morgan fingerprint density at radius 3 is 2.60 bits per heavy atom. The van der Waals surface area contributed by atoms with Crippen LogP contribution in [0.4, 0.5) is 8.78 Å². The van der Waals surface area contributed by atoms with Crippen molar-refractivity contribution in [3.63, 3.8) is 0 Å². The molecule has 8 heteroatoms. The Balaban J connectivity index is 0.00000320. The van der Waals surface area contributed by atoms with Gasteiger partial charge in [-0.25, -0.2) is 0 Å². The monoisotopic (exact) mass is 531 g/mol. The molecule has 1 fully saturated rings. The van der Waals surface area contributed by atoms with Gasteiger partial charge >= 0.3 is 6.61 Å². The first-order valence-corrected chi connectivity index (χ1v) is 9.81. The third kappa shape index (κ3) is 7.09. The van der Waals surface area contributed by atoms with Crippen molar-refractivity contribution < 1.29 is 18.3 Å². The molecule has 30 heavy (non-hydrogen) atoms. The number of halogens is 3. The smallest absolute Gasteiger partial charge is 0.387 e. The van der Waals surface area contributed by atoms with Crippen LogP contribution in [0.1, 0.15) is 30.1 Å². The summed E-state index contributed by atoms with van der Waals surface area (Å²) in [5.74, 6) is 1.09. The Bertz CT molecular complexity index is 793. The Morgan fingerprint density at radius 2 is 1.87 bits per heavy atom. The molecular formula is C22H28F2IN3O2. The van der Waals surface area contributed by atoms with Crippen LogP contribution in [-0.2, 0) is 11.3 Å². The molecule has 1 aliphatic heterocycles. The number of alkyl halides is 2. The molecule has 2 aromatic rings. The molecule has 0 spiro atoms. The average Bonchev–Trinajstić information content (AvgIpc) is 2.75. The Kier molecular flexibility index (Phi) is 10.3. The molecular weight excluding hydrogens is 503 g/mol.